The molecule has 0 N–H and O–H groups in total. The minimum Gasteiger partial charge on any atom is -0.466 e. The Labute approximate surface area is 259 Å². The third-order valence-electron chi connectivity index (χ3n) is 4.36. The molecule has 0 saturated carbocycles. The third kappa shape index (κ3) is 30.3. The first kappa shape index (κ1) is 48.2. The van der Waals surface area contributed by atoms with Crippen molar-refractivity contribution in [2.45, 2.75) is 111 Å². The molecule has 0 aliphatic heterocycles. The predicted octanol–water partition coefficient (Wildman–Crippen LogP) is 8.48. The lowest BCUT2D eigenvalue weighted by Gasteiger charge is -2.22. The molecule has 0 rings (SSSR count). The van der Waals surface area contributed by atoms with Crippen molar-refractivity contribution in [3.63, 3.8) is 0 Å². The molecule has 0 aromatic heterocycles. The molecule has 6 nitrogen and oxygen atoms in total. The Morgan fingerprint density at radius 2 is 1.03 bits per heavy atom. The van der Waals surface area contributed by atoms with E-state index in [1.165, 1.54) is 0 Å². The molecule has 236 valence electrons. The van der Waals surface area contributed by atoms with Crippen LogP contribution in [0.4, 0.5) is 0 Å². The number of halogens is 1. The summed E-state index contributed by atoms with van der Waals surface area (Å²) >= 11 is 8.79. The van der Waals surface area contributed by atoms with Gasteiger partial charge in [0.2, 0.25) is 0 Å². The first-order valence-corrected chi connectivity index (χ1v) is 15.6. The number of rotatable bonds is 12. The summed E-state index contributed by atoms with van der Waals surface area (Å²) in [6.45, 7) is 24.1. The van der Waals surface area contributed by atoms with Crippen molar-refractivity contribution in [2.24, 2.45) is 21.7 Å². The summed E-state index contributed by atoms with van der Waals surface area (Å²) in [6, 6.07) is 0. The average molecular weight is 662 g/mol. The van der Waals surface area contributed by atoms with Gasteiger partial charge in [0, 0.05) is 12.8 Å². The number of carbonyl (C=O) groups excluding carboxylic acids is 4. The second kappa shape index (κ2) is 23.1. The van der Waals surface area contributed by atoms with Crippen LogP contribution in [0.25, 0.3) is 0 Å². The Balaban J connectivity index is -0.000000161. The molecular weight excluding hydrogens is 600 g/mol. The van der Waals surface area contributed by atoms with Crippen molar-refractivity contribution in [1.29, 1.82) is 0 Å². The maximum Gasteiger partial charge on any atom is 0.311 e. The highest BCUT2D eigenvalue weighted by Gasteiger charge is 2.32. The van der Waals surface area contributed by atoms with E-state index < -0.39 is 10.8 Å². The first-order valence-electron chi connectivity index (χ1n) is 12.7. The molecular formula is C30H61BrO6S2. The van der Waals surface area contributed by atoms with Crippen LogP contribution < -0.4 is 0 Å². The molecule has 9 heteroatoms. The van der Waals surface area contributed by atoms with Gasteiger partial charge in [0.25, 0.3) is 0 Å². The van der Waals surface area contributed by atoms with Crippen LogP contribution in [0, 0.1) is 21.7 Å². The topological polar surface area (TPSA) is 86.7 Å². The second-order valence-electron chi connectivity index (χ2n) is 12.5. The zero-order chi connectivity index (χ0) is 30.1. The molecule has 0 radical (unpaired) electrons. The highest BCUT2D eigenvalue weighted by molar-refractivity contribution is 9.09. The maximum atomic E-state index is 11.8. The van der Waals surface area contributed by atoms with Crippen molar-refractivity contribution >= 4 is 63.8 Å². The molecule has 0 heterocycles. The van der Waals surface area contributed by atoms with E-state index >= 15 is 0 Å². The zero-order valence-electron chi connectivity index (χ0n) is 25.3. The van der Waals surface area contributed by atoms with E-state index in [2.05, 4.69) is 70.1 Å². The van der Waals surface area contributed by atoms with Gasteiger partial charge in [0.1, 0.15) is 11.6 Å². The lowest BCUT2D eigenvalue weighted by Crippen LogP contribution is -2.30. The normalized spacial score (nSPS) is 11.2. The number of alkyl halides is 1. The summed E-state index contributed by atoms with van der Waals surface area (Å²) in [7, 11) is 0. The van der Waals surface area contributed by atoms with E-state index in [-0.39, 0.29) is 61.9 Å². The van der Waals surface area contributed by atoms with Gasteiger partial charge in [-0.25, -0.2) is 0 Å². The maximum absolute atomic E-state index is 11.8. The molecule has 0 fully saturated rings. The number of esters is 2. The molecule has 0 saturated heterocycles. The van der Waals surface area contributed by atoms with Gasteiger partial charge in [-0.05, 0) is 63.9 Å². The van der Waals surface area contributed by atoms with Gasteiger partial charge in [-0.15, -0.1) is 0 Å². The summed E-state index contributed by atoms with van der Waals surface area (Å²) in [5, 5.41) is 0.288. The molecule has 0 amide bonds. The van der Waals surface area contributed by atoms with Crippen molar-refractivity contribution in [1.82, 2.24) is 0 Å². The SMILES string of the molecule is C.C.CC(C)(C)CS.CCOC(=O)C(C)(C)CC(=O)CBr.CCOC(=O)C(C)(C)CC(=O)CSCC(C)(C)C. The van der Waals surface area contributed by atoms with Crippen molar-refractivity contribution < 1.29 is 28.7 Å². The summed E-state index contributed by atoms with van der Waals surface area (Å²) in [5.41, 5.74) is -0.791. The largest absolute Gasteiger partial charge is 0.466 e. The number of ketones is 2. The lowest BCUT2D eigenvalue weighted by atomic mass is 9.88. The van der Waals surface area contributed by atoms with Gasteiger partial charge in [0.05, 0.1) is 35.1 Å². The summed E-state index contributed by atoms with van der Waals surface area (Å²) in [5.74, 6) is 1.90. The summed E-state index contributed by atoms with van der Waals surface area (Å²) in [6.07, 6.45) is 0.472. The number of Topliss-reactive ketones (excluding diaryl/α,β-unsaturated/α-hetero) is 2. The smallest absolute Gasteiger partial charge is 0.311 e. The number of ether oxygens (including phenoxy) is 2. The lowest BCUT2D eigenvalue weighted by molar-refractivity contribution is -0.155. The monoisotopic (exact) mass is 660 g/mol. The van der Waals surface area contributed by atoms with Crippen molar-refractivity contribution in [3.05, 3.63) is 0 Å². The number of carbonyl (C=O) groups is 4. The minimum atomic E-state index is -0.713. The van der Waals surface area contributed by atoms with E-state index in [0.29, 0.717) is 24.4 Å². The highest BCUT2D eigenvalue weighted by atomic mass is 79.9. The van der Waals surface area contributed by atoms with Crippen LogP contribution in [-0.2, 0) is 28.7 Å². The quantitative estimate of drug-likeness (QED) is 0.128. The van der Waals surface area contributed by atoms with Crippen LogP contribution in [0.3, 0.4) is 0 Å². The van der Waals surface area contributed by atoms with E-state index in [1.807, 2.05) is 0 Å². The Kier molecular flexibility index (Phi) is 28.5. The summed E-state index contributed by atoms with van der Waals surface area (Å²) in [4.78, 5) is 45.9. The Morgan fingerprint density at radius 1 is 0.692 bits per heavy atom. The molecule has 0 unspecified atom stereocenters. The second-order valence-corrected chi connectivity index (χ2v) is 14.4. The number of hydrogen-bond donors (Lipinski definition) is 1. The van der Waals surface area contributed by atoms with Gasteiger partial charge in [-0.3, -0.25) is 19.2 Å². The van der Waals surface area contributed by atoms with Gasteiger partial charge >= 0.3 is 11.9 Å². The van der Waals surface area contributed by atoms with E-state index in [4.69, 9.17) is 9.47 Å². The molecule has 0 bridgehead atoms. The number of hydrogen-bond acceptors (Lipinski definition) is 8. The molecule has 39 heavy (non-hydrogen) atoms. The third-order valence-corrected chi connectivity index (χ3v) is 7.53. The van der Waals surface area contributed by atoms with Gasteiger partial charge in [-0.2, -0.15) is 24.4 Å². The fourth-order valence-electron chi connectivity index (χ4n) is 2.35. The average Bonchev–Trinajstić information content (AvgIpc) is 2.72. The van der Waals surface area contributed by atoms with Crippen LogP contribution in [-0.4, -0.2) is 59.3 Å². The van der Waals surface area contributed by atoms with Gasteiger partial charge in [0.15, 0.2) is 0 Å². The summed E-state index contributed by atoms with van der Waals surface area (Å²) < 4.78 is 9.81. The molecule has 0 spiro atoms. The Morgan fingerprint density at radius 3 is 1.28 bits per heavy atom. The number of thiol groups is 1. The van der Waals surface area contributed by atoms with Crippen LogP contribution in [0.15, 0.2) is 0 Å². The van der Waals surface area contributed by atoms with E-state index in [1.54, 1.807) is 53.3 Å². The minimum absolute atomic E-state index is 0. The zero-order valence-corrected chi connectivity index (χ0v) is 28.6. The van der Waals surface area contributed by atoms with Gasteiger partial charge in [-0.1, -0.05) is 72.3 Å². The molecule has 0 aromatic rings. The van der Waals surface area contributed by atoms with E-state index in [9.17, 15) is 19.2 Å². The van der Waals surface area contributed by atoms with Crippen LogP contribution in [0.5, 0.6) is 0 Å². The molecule has 0 aliphatic carbocycles. The molecule has 0 atom stereocenters. The predicted molar refractivity (Wildman–Crippen MR) is 177 cm³/mol. The molecule has 0 aliphatic rings. The van der Waals surface area contributed by atoms with Crippen molar-refractivity contribution in [3.8, 4) is 0 Å². The fourth-order valence-corrected chi connectivity index (χ4v) is 3.59. The highest BCUT2D eigenvalue weighted by Crippen LogP contribution is 2.26. The first-order chi connectivity index (χ1) is 16.6. The number of thioether (sulfide) groups is 1. The van der Waals surface area contributed by atoms with Crippen LogP contribution in [0.1, 0.15) is 111 Å². The Bertz CT molecular complexity index is 693. The van der Waals surface area contributed by atoms with Crippen LogP contribution in [0.2, 0.25) is 0 Å². The van der Waals surface area contributed by atoms with Crippen molar-refractivity contribution in [2.75, 3.05) is 35.8 Å². The fraction of sp³-hybridized carbons (Fsp3) is 0.867. The van der Waals surface area contributed by atoms with E-state index in [0.717, 1.165) is 11.5 Å². The Hall–Kier alpha value is -0.540. The molecule has 0 aromatic carbocycles. The van der Waals surface area contributed by atoms with Gasteiger partial charge < -0.3 is 9.47 Å². The van der Waals surface area contributed by atoms with Crippen LogP contribution >= 0.6 is 40.3 Å². The standard InChI is InChI=1S/C14H26O3S.C9H15BrO3.C5H12S.2CH4/c1-7-17-12(16)14(5,6)8-11(15)9-18-10-13(2,3)4;1-4-13-8(12)9(2,3)5-7(11)6-10;1-5(2,3)4-6;;/h7-10H2,1-6H3;4-6H2,1-3H3;6H,4H2,1-3H3;2*1H4.